The molecule has 8 nitrogen and oxygen atoms in total. The summed E-state index contributed by atoms with van der Waals surface area (Å²) in [5.41, 5.74) is 0.595. The fourth-order valence-corrected chi connectivity index (χ4v) is 1.74. The van der Waals surface area contributed by atoms with Crippen molar-refractivity contribution in [2.75, 3.05) is 5.32 Å². The average molecular weight is 262 g/mol. The molecule has 0 radical (unpaired) electrons. The number of hydrogen-bond donors (Lipinski definition) is 1. The third-order valence-corrected chi connectivity index (χ3v) is 2.50. The van der Waals surface area contributed by atoms with E-state index in [9.17, 15) is 19.7 Å². The van der Waals surface area contributed by atoms with Crippen LogP contribution in [-0.4, -0.2) is 26.3 Å². The number of imidazole rings is 1. The first-order valence-corrected chi connectivity index (χ1v) is 5.34. The smallest absolute Gasteiger partial charge is 0.273 e. The zero-order valence-electron chi connectivity index (χ0n) is 10.2. The zero-order chi connectivity index (χ0) is 14.2. The predicted molar refractivity (Wildman–Crippen MR) is 67.0 cm³/mol. The summed E-state index contributed by atoms with van der Waals surface area (Å²) in [6, 6.07) is 2.45. The van der Waals surface area contributed by atoms with Crippen molar-refractivity contribution in [1.29, 1.82) is 0 Å². The van der Waals surface area contributed by atoms with Crippen molar-refractivity contribution >= 4 is 34.2 Å². The van der Waals surface area contributed by atoms with Crippen LogP contribution >= 0.6 is 0 Å². The number of fused-ring (bicyclic) bond motifs is 1. The van der Waals surface area contributed by atoms with Gasteiger partial charge in [-0.1, -0.05) is 0 Å². The fraction of sp³-hybridized carbons (Fsp3) is 0.182. The topological polar surface area (TPSA) is 107 Å². The van der Waals surface area contributed by atoms with E-state index in [0.29, 0.717) is 5.52 Å². The molecule has 0 saturated carbocycles. The molecule has 0 aliphatic rings. The third-order valence-electron chi connectivity index (χ3n) is 2.50. The highest BCUT2D eigenvalue weighted by atomic mass is 16.6. The normalized spacial score (nSPS) is 10.4. The number of nitrogens with zero attached hydrogens (tertiary/aromatic N) is 3. The van der Waals surface area contributed by atoms with Crippen LogP contribution in [0.4, 0.5) is 11.4 Å². The highest BCUT2D eigenvalue weighted by Gasteiger charge is 2.17. The number of amides is 1. The molecular weight excluding hydrogens is 252 g/mol. The van der Waals surface area contributed by atoms with Gasteiger partial charge in [0.15, 0.2) is 0 Å². The number of benzene rings is 1. The van der Waals surface area contributed by atoms with E-state index >= 15 is 0 Å². The van der Waals surface area contributed by atoms with Crippen molar-refractivity contribution in [2.45, 2.75) is 13.8 Å². The number of nitro groups is 1. The Morgan fingerprint density at radius 3 is 2.58 bits per heavy atom. The molecule has 1 aromatic heterocycles. The van der Waals surface area contributed by atoms with Crippen LogP contribution in [0.2, 0.25) is 0 Å². The number of nitro benzene ring substituents is 1. The van der Waals surface area contributed by atoms with Gasteiger partial charge in [-0.3, -0.25) is 24.3 Å². The van der Waals surface area contributed by atoms with Crippen LogP contribution in [0.25, 0.3) is 11.0 Å². The SMILES string of the molecule is CC(=O)Nc1cc([N+](=O)[O-])cc2c1ncn2C(C)=O. The second-order valence-electron chi connectivity index (χ2n) is 3.93. The van der Waals surface area contributed by atoms with Crippen molar-refractivity contribution in [3.8, 4) is 0 Å². The Morgan fingerprint density at radius 2 is 2.05 bits per heavy atom. The molecule has 0 aliphatic heterocycles. The van der Waals surface area contributed by atoms with E-state index in [2.05, 4.69) is 10.3 Å². The number of non-ortho nitro benzene ring substituents is 1. The summed E-state index contributed by atoms with van der Waals surface area (Å²) in [6.07, 6.45) is 1.27. The van der Waals surface area contributed by atoms with Gasteiger partial charge in [-0.25, -0.2) is 4.98 Å². The molecule has 8 heteroatoms. The summed E-state index contributed by atoms with van der Waals surface area (Å²) < 4.78 is 1.19. The second kappa shape index (κ2) is 4.48. The van der Waals surface area contributed by atoms with Gasteiger partial charge in [0.1, 0.15) is 11.8 Å². The quantitative estimate of drug-likeness (QED) is 0.652. The second-order valence-corrected chi connectivity index (χ2v) is 3.93. The Labute approximate surface area is 107 Å². The summed E-state index contributed by atoms with van der Waals surface area (Å²) in [4.78, 5) is 36.8. The Morgan fingerprint density at radius 1 is 1.37 bits per heavy atom. The first-order chi connectivity index (χ1) is 8.90. The molecule has 0 aliphatic carbocycles. The first-order valence-electron chi connectivity index (χ1n) is 5.34. The molecule has 0 spiro atoms. The number of nitrogens with one attached hydrogen (secondary N) is 1. The van der Waals surface area contributed by atoms with Crippen molar-refractivity contribution < 1.29 is 14.5 Å². The van der Waals surface area contributed by atoms with E-state index in [1.165, 1.54) is 36.9 Å². The van der Waals surface area contributed by atoms with Gasteiger partial charge in [0.25, 0.3) is 5.69 Å². The van der Waals surface area contributed by atoms with Gasteiger partial charge in [0, 0.05) is 26.0 Å². The van der Waals surface area contributed by atoms with Crippen LogP contribution in [0.5, 0.6) is 0 Å². The Bertz CT molecular complexity index is 704. The van der Waals surface area contributed by atoms with Gasteiger partial charge in [0.2, 0.25) is 11.8 Å². The highest BCUT2D eigenvalue weighted by Crippen LogP contribution is 2.28. The molecule has 1 N–H and O–H groups in total. The van der Waals surface area contributed by atoms with Crippen molar-refractivity contribution in [3.63, 3.8) is 0 Å². The predicted octanol–water partition coefficient (Wildman–Crippen LogP) is 1.56. The maximum Gasteiger partial charge on any atom is 0.273 e. The molecule has 0 unspecified atom stereocenters. The largest absolute Gasteiger partial charge is 0.324 e. The molecular formula is C11H10N4O4. The summed E-state index contributed by atoms with van der Waals surface area (Å²) >= 11 is 0. The molecule has 2 aromatic rings. The average Bonchev–Trinajstić information content (AvgIpc) is 2.71. The van der Waals surface area contributed by atoms with Gasteiger partial charge >= 0.3 is 0 Å². The minimum Gasteiger partial charge on any atom is -0.324 e. The Balaban J connectivity index is 2.75. The lowest BCUT2D eigenvalue weighted by atomic mass is 10.2. The molecule has 0 atom stereocenters. The van der Waals surface area contributed by atoms with E-state index in [1.807, 2.05) is 0 Å². The van der Waals surface area contributed by atoms with E-state index in [4.69, 9.17) is 0 Å². The monoisotopic (exact) mass is 262 g/mol. The Kier molecular flexibility index (Phi) is 2.99. The van der Waals surface area contributed by atoms with Crippen LogP contribution in [0.3, 0.4) is 0 Å². The van der Waals surface area contributed by atoms with Crippen LogP contribution in [0.1, 0.15) is 18.6 Å². The van der Waals surface area contributed by atoms with Crippen molar-refractivity contribution in [1.82, 2.24) is 9.55 Å². The van der Waals surface area contributed by atoms with Gasteiger partial charge in [0.05, 0.1) is 16.1 Å². The molecule has 98 valence electrons. The number of anilines is 1. The van der Waals surface area contributed by atoms with Gasteiger partial charge < -0.3 is 5.32 Å². The molecule has 0 fully saturated rings. The maximum absolute atomic E-state index is 11.4. The van der Waals surface area contributed by atoms with E-state index in [0.717, 1.165) is 0 Å². The van der Waals surface area contributed by atoms with E-state index in [-0.39, 0.29) is 28.7 Å². The first kappa shape index (κ1) is 12.7. The number of aromatic nitrogens is 2. The van der Waals surface area contributed by atoms with E-state index in [1.54, 1.807) is 0 Å². The van der Waals surface area contributed by atoms with Gasteiger partial charge in [-0.15, -0.1) is 0 Å². The van der Waals surface area contributed by atoms with Gasteiger partial charge in [-0.2, -0.15) is 0 Å². The lowest BCUT2D eigenvalue weighted by Gasteiger charge is -2.04. The number of hydrogen-bond acceptors (Lipinski definition) is 5. The van der Waals surface area contributed by atoms with Crippen LogP contribution < -0.4 is 5.32 Å². The van der Waals surface area contributed by atoms with Crippen molar-refractivity contribution in [2.24, 2.45) is 0 Å². The summed E-state index contributed by atoms with van der Waals surface area (Å²) in [7, 11) is 0. The molecule has 1 heterocycles. The summed E-state index contributed by atoms with van der Waals surface area (Å²) in [5.74, 6) is -0.698. The minimum atomic E-state index is -0.595. The standard InChI is InChI=1S/C11H10N4O4/c1-6(16)13-9-3-8(15(18)19)4-10-11(9)12-5-14(10)7(2)17/h3-5H,1-2H3,(H,13,16). The third kappa shape index (κ3) is 2.28. The molecule has 19 heavy (non-hydrogen) atoms. The molecule has 2 rings (SSSR count). The van der Waals surface area contributed by atoms with Crippen LogP contribution in [-0.2, 0) is 4.79 Å². The molecule has 1 aromatic carbocycles. The number of carbonyl (C=O) groups is 2. The van der Waals surface area contributed by atoms with Crippen LogP contribution in [0, 0.1) is 10.1 Å². The van der Waals surface area contributed by atoms with Crippen LogP contribution in [0.15, 0.2) is 18.5 Å². The maximum atomic E-state index is 11.4. The number of rotatable bonds is 2. The fourth-order valence-electron chi connectivity index (χ4n) is 1.74. The highest BCUT2D eigenvalue weighted by molar-refractivity contribution is 6.02. The minimum absolute atomic E-state index is 0.205. The summed E-state index contributed by atoms with van der Waals surface area (Å²) in [6.45, 7) is 2.60. The lowest BCUT2D eigenvalue weighted by molar-refractivity contribution is -0.384. The molecule has 0 saturated heterocycles. The van der Waals surface area contributed by atoms with Gasteiger partial charge in [-0.05, 0) is 0 Å². The Hall–Kier alpha value is -2.77. The number of carbonyl (C=O) groups excluding carboxylic acids is 2. The molecule has 0 bridgehead atoms. The molecule has 1 amide bonds. The van der Waals surface area contributed by atoms with Crippen molar-refractivity contribution in [3.05, 3.63) is 28.6 Å². The zero-order valence-corrected chi connectivity index (χ0v) is 10.2. The summed E-state index contributed by atoms with van der Waals surface area (Å²) in [5, 5.41) is 13.3. The lowest BCUT2D eigenvalue weighted by Crippen LogP contribution is -2.08. The van der Waals surface area contributed by atoms with E-state index < -0.39 is 4.92 Å².